The van der Waals surface area contributed by atoms with Gasteiger partial charge in [0, 0.05) is 32.0 Å². The van der Waals surface area contributed by atoms with Crippen molar-refractivity contribution in [1.82, 2.24) is 19.9 Å². The summed E-state index contributed by atoms with van der Waals surface area (Å²) in [6.45, 7) is 2.93. The number of aromatic amines is 1. The van der Waals surface area contributed by atoms with Crippen molar-refractivity contribution < 1.29 is 14.7 Å². The molecule has 1 fully saturated rings. The largest absolute Gasteiger partial charge is 0.481 e. The first-order chi connectivity index (χ1) is 13.8. The van der Waals surface area contributed by atoms with Gasteiger partial charge >= 0.3 is 5.97 Å². The Hall–Kier alpha value is -3.48. The Morgan fingerprint density at radius 3 is 2.97 bits per heavy atom. The van der Waals surface area contributed by atoms with Crippen LogP contribution in [0.2, 0.25) is 0 Å². The molecule has 29 heavy (non-hydrogen) atoms. The number of carbonyl (C=O) groups is 2. The van der Waals surface area contributed by atoms with Gasteiger partial charge in [0.1, 0.15) is 17.8 Å². The molecular formula is C19H23N7O3. The summed E-state index contributed by atoms with van der Waals surface area (Å²) in [7, 11) is 1.91. The van der Waals surface area contributed by atoms with E-state index >= 15 is 0 Å². The van der Waals surface area contributed by atoms with E-state index in [1.165, 1.54) is 6.33 Å². The summed E-state index contributed by atoms with van der Waals surface area (Å²) in [6, 6.07) is 3.65. The lowest BCUT2D eigenvalue weighted by atomic mass is 9.90. The maximum Gasteiger partial charge on any atom is 0.309 e. The zero-order valence-electron chi connectivity index (χ0n) is 16.3. The predicted octanol–water partition coefficient (Wildman–Crippen LogP) is 1.27. The summed E-state index contributed by atoms with van der Waals surface area (Å²) < 4.78 is 0. The van der Waals surface area contributed by atoms with Crippen LogP contribution in [0.1, 0.15) is 19.8 Å². The van der Waals surface area contributed by atoms with Crippen molar-refractivity contribution >= 4 is 34.4 Å². The van der Waals surface area contributed by atoms with Crippen molar-refractivity contribution in [2.24, 2.45) is 11.8 Å². The third-order valence-corrected chi connectivity index (χ3v) is 5.46. The number of likely N-dealkylation sites (N-methyl/N-ethyl adjacent to an activating group) is 1. The zero-order valence-corrected chi connectivity index (χ0v) is 16.3. The topological polar surface area (TPSA) is 150 Å². The molecule has 0 radical (unpaired) electrons. The van der Waals surface area contributed by atoms with Gasteiger partial charge in [-0.05, 0) is 18.4 Å². The van der Waals surface area contributed by atoms with Crippen molar-refractivity contribution in [2.45, 2.75) is 25.8 Å². The lowest BCUT2D eigenvalue weighted by molar-refractivity contribution is -0.135. The van der Waals surface area contributed by atoms with Crippen LogP contribution in [0.5, 0.6) is 0 Å². The van der Waals surface area contributed by atoms with E-state index in [-0.39, 0.29) is 12.0 Å². The number of piperidine rings is 1. The molecule has 3 rings (SSSR count). The molecule has 1 unspecified atom stereocenters. The molecule has 1 saturated heterocycles. The van der Waals surface area contributed by atoms with Crippen molar-refractivity contribution in [3.05, 3.63) is 18.6 Å². The van der Waals surface area contributed by atoms with Gasteiger partial charge in [0.2, 0.25) is 5.91 Å². The van der Waals surface area contributed by atoms with E-state index in [0.29, 0.717) is 13.1 Å². The molecule has 3 N–H and O–H groups in total. The maximum atomic E-state index is 12.9. The highest BCUT2D eigenvalue weighted by atomic mass is 16.4. The Balaban J connectivity index is 1.80. The normalized spacial score (nSPS) is 20.1. The van der Waals surface area contributed by atoms with Crippen LogP contribution in [0, 0.1) is 28.6 Å². The molecule has 0 bridgehead atoms. The number of likely N-dealkylation sites (tertiary alicyclic amines) is 1. The number of aliphatic carboxylic acids is 1. The summed E-state index contributed by atoms with van der Waals surface area (Å²) in [5, 5.41) is 26.9. The van der Waals surface area contributed by atoms with Crippen molar-refractivity contribution in [1.29, 1.82) is 10.7 Å². The molecule has 3 atom stereocenters. The third kappa shape index (κ3) is 4.03. The highest BCUT2D eigenvalue weighted by Crippen LogP contribution is 2.29. The molecule has 1 amide bonds. The number of rotatable bonds is 6. The van der Waals surface area contributed by atoms with Gasteiger partial charge in [0.05, 0.1) is 23.9 Å². The molecule has 0 aromatic carbocycles. The monoisotopic (exact) mass is 397 g/mol. The van der Waals surface area contributed by atoms with E-state index in [1.54, 1.807) is 17.2 Å². The quantitative estimate of drug-likeness (QED) is 0.621. The molecule has 2 aromatic rings. The molecule has 2 aromatic heterocycles. The highest BCUT2D eigenvalue weighted by Gasteiger charge is 2.36. The number of anilines is 1. The lowest BCUT2D eigenvalue weighted by Crippen LogP contribution is -2.54. The van der Waals surface area contributed by atoms with Crippen LogP contribution in [0.15, 0.2) is 18.6 Å². The van der Waals surface area contributed by atoms with Gasteiger partial charge in [-0.15, -0.1) is 0 Å². The minimum Gasteiger partial charge on any atom is -0.481 e. The number of H-pyrrole nitrogens is 1. The van der Waals surface area contributed by atoms with E-state index < -0.39 is 29.9 Å². The Kier molecular flexibility index (Phi) is 5.77. The fourth-order valence-electron chi connectivity index (χ4n) is 3.78. The maximum absolute atomic E-state index is 12.9. The van der Waals surface area contributed by atoms with Crippen LogP contribution >= 0.6 is 0 Å². The molecule has 3 heterocycles. The van der Waals surface area contributed by atoms with E-state index in [0.717, 1.165) is 23.3 Å². The van der Waals surface area contributed by atoms with Gasteiger partial charge in [0.15, 0.2) is 5.92 Å². The van der Waals surface area contributed by atoms with E-state index in [1.807, 2.05) is 18.0 Å². The number of fused-ring (bicyclic) bond motifs is 1. The molecule has 0 aliphatic carbocycles. The molecule has 0 saturated carbocycles. The van der Waals surface area contributed by atoms with Crippen LogP contribution in [0.3, 0.4) is 0 Å². The van der Waals surface area contributed by atoms with E-state index in [4.69, 9.17) is 10.5 Å². The van der Waals surface area contributed by atoms with Crippen LogP contribution in [0.25, 0.3) is 11.0 Å². The first-order valence-electron chi connectivity index (χ1n) is 9.32. The SMILES string of the molecule is C[C@@H]1CCN(C(=O)C(C#N)C(=N)CC(=O)O)C[C@@H]1N(C)c1ncnc2[nH]ccc12. The number of nitriles is 1. The smallest absolute Gasteiger partial charge is 0.309 e. The summed E-state index contributed by atoms with van der Waals surface area (Å²) >= 11 is 0. The molecule has 152 valence electrons. The van der Waals surface area contributed by atoms with Crippen LogP contribution < -0.4 is 4.90 Å². The van der Waals surface area contributed by atoms with Crippen molar-refractivity contribution in [3.8, 4) is 6.07 Å². The van der Waals surface area contributed by atoms with Crippen molar-refractivity contribution in [3.63, 3.8) is 0 Å². The Bertz CT molecular complexity index is 980. The molecule has 10 heteroatoms. The van der Waals surface area contributed by atoms with Gasteiger partial charge < -0.3 is 25.3 Å². The molecule has 1 aliphatic rings. The first kappa shape index (κ1) is 20.3. The minimum absolute atomic E-state index is 0.0475. The fraction of sp³-hybridized carbons (Fsp3) is 0.474. The zero-order chi connectivity index (χ0) is 21.1. The van der Waals surface area contributed by atoms with E-state index in [2.05, 4.69) is 21.9 Å². The molecular weight excluding hydrogens is 374 g/mol. The number of carboxylic acid groups (broad SMARTS) is 1. The Morgan fingerprint density at radius 2 is 2.28 bits per heavy atom. The number of nitrogens with one attached hydrogen (secondary N) is 2. The fourth-order valence-corrected chi connectivity index (χ4v) is 3.78. The number of hydrogen-bond acceptors (Lipinski definition) is 7. The summed E-state index contributed by atoms with van der Waals surface area (Å²) in [5.74, 6) is -2.10. The molecule has 0 spiro atoms. The number of aromatic nitrogens is 3. The first-order valence-corrected chi connectivity index (χ1v) is 9.32. The number of nitrogens with zero attached hydrogens (tertiary/aromatic N) is 5. The average molecular weight is 397 g/mol. The second kappa shape index (κ2) is 8.26. The Labute approximate surface area is 167 Å². The van der Waals surface area contributed by atoms with Crippen LogP contribution in [0.4, 0.5) is 5.82 Å². The van der Waals surface area contributed by atoms with Crippen LogP contribution in [-0.4, -0.2) is 68.7 Å². The minimum atomic E-state index is -1.37. The third-order valence-electron chi connectivity index (χ3n) is 5.46. The van der Waals surface area contributed by atoms with E-state index in [9.17, 15) is 14.9 Å². The predicted molar refractivity (Wildman–Crippen MR) is 106 cm³/mol. The standard InChI is InChI=1S/C19H23N7O3/c1-11-4-6-26(19(29)13(8-20)14(21)7-16(27)28)9-15(11)25(2)18-12-3-5-22-17(12)23-10-24-18/h3,5,10-11,13,15,21H,4,6-7,9H2,1-2H3,(H,27,28)(H,22,23,24)/t11-,13?,15+/m1/s1. The lowest BCUT2D eigenvalue weighted by Gasteiger charge is -2.42. The van der Waals surface area contributed by atoms with Gasteiger partial charge in [0.25, 0.3) is 0 Å². The van der Waals surface area contributed by atoms with Gasteiger partial charge in [-0.2, -0.15) is 5.26 Å². The number of carbonyl (C=O) groups excluding carboxylic acids is 1. The highest BCUT2D eigenvalue weighted by molar-refractivity contribution is 6.10. The van der Waals surface area contributed by atoms with Gasteiger partial charge in [-0.25, -0.2) is 9.97 Å². The number of carboxylic acids is 1. The van der Waals surface area contributed by atoms with Gasteiger partial charge in [-0.3, -0.25) is 9.59 Å². The summed E-state index contributed by atoms with van der Waals surface area (Å²) in [4.78, 5) is 39.0. The second-order valence-electron chi connectivity index (χ2n) is 7.32. The van der Waals surface area contributed by atoms with Crippen molar-refractivity contribution in [2.75, 3.05) is 25.0 Å². The second-order valence-corrected chi connectivity index (χ2v) is 7.32. The Morgan fingerprint density at radius 1 is 1.52 bits per heavy atom. The number of hydrogen-bond donors (Lipinski definition) is 3. The van der Waals surface area contributed by atoms with Crippen LogP contribution in [-0.2, 0) is 9.59 Å². The summed E-state index contributed by atoms with van der Waals surface area (Å²) in [6.07, 6.45) is 3.39. The average Bonchev–Trinajstić information content (AvgIpc) is 3.16. The van der Waals surface area contributed by atoms with Gasteiger partial charge in [-0.1, -0.05) is 6.92 Å². The molecule has 1 aliphatic heterocycles. The number of amides is 1. The summed E-state index contributed by atoms with van der Waals surface area (Å²) in [5.41, 5.74) is 0.336. The molecule has 10 nitrogen and oxygen atoms in total.